The van der Waals surface area contributed by atoms with Gasteiger partial charge in [-0.15, -0.1) is 0 Å². The van der Waals surface area contributed by atoms with Crippen molar-refractivity contribution in [1.29, 1.82) is 0 Å². The van der Waals surface area contributed by atoms with E-state index < -0.39 is 0 Å². The van der Waals surface area contributed by atoms with Gasteiger partial charge in [0, 0.05) is 17.6 Å². The van der Waals surface area contributed by atoms with Crippen LogP contribution in [0, 0.1) is 0 Å². The van der Waals surface area contributed by atoms with Crippen molar-refractivity contribution in [2.45, 2.75) is 13.8 Å². The second-order valence-electron chi connectivity index (χ2n) is 4.11. The van der Waals surface area contributed by atoms with Crippen LogP contribution in [0.1, 0.15) is 13.8 Å². The fourth-order valence-corrected chi connectivity index (χ4v) is 1.73. The summed E-state index contributed by atoms with van der Waals surface area (Å²) in [4.78, 5) is 13.6. The van der Waals surface area contributed by atoms with Crippen molar-refractivity contribution in [3.8, 4) is 5.75 Å². The highest BCUT2D eigenvalue weighted by Gasteiger charge is 2.12. The van der Waals surface area contributed by atoms with Crippen molar-refractivity contribution in [2.24, 2.45) is 0 Å². The first-order valence-electron chi connectivity index (χ1n) is 5.83. The van der Waals surface area contributed by atoms with Crippen LogP contribution in [0.2, 0.25) is 0 Å². The number of benzene rings is 1. The zero-order valence-corrected chi connectivity index (χ0v) is 12.4. The number of ether oxygens (including phenoxy) is 1. The number of rotatable bonds is 6. The van der Waals surface area contributed by atoms with E-state index in [2.05, 4.69) is 22.5 Å². The smallest absolute Gasteiger partial charge is 0.260 e. The predicted molar refractivity (Wildman–Crippen MR) is 76.7 cm³/mol. The number of likely N-dealkylation sites (N-methyl/N-ethyl adjacent to an activating group) is 1. The van der Waals surface area contributed by atoms with E-state index in [1.807, 2.05) is 38.1 Å². The molecule has 0 saturated carbocycles. The summed E-state index contributed by atoms with van der Waals surface area (Å²) >= 11 is 3.35. The molecule has 0 spiro atoms. The zero-order valence-electron chi connectivity index (χ0n) is 10.8. The Bertz CT molecular complexity index is 414. The molecule has 3 nitrogen and oxygen atoms in total. The van der Waals surface area contributed by atoms with Crippen LogP contribution in [0.3, 0.4) is 0 Å². The van der Waals surface area contributed by atoms with Crippen LogP contribution in [0.4, 0.5) is 0 Å². The number of halogens is 1. The highest BCUT2D eigenvalue weighted by atomic mass is 79.9. The van der Waals surface area contributed by atoms with Crippen molar-refractivity contribution in [1.82, 2.24) is 4.90 Å². The first-order chi connectivity index (χ1) is 8.52. The van der Waals surface area contributed by atoms with Gasteiger partial charge in [0.2, 0.25) is 0 Å². The van der Waals surface area contributed by atoms with E-state index in [-0.39, 0.29) is 12.5 Å². The summed E-state index contributed by atoms with van der Waals surface area (Å²) in [6.45, 7) is 8.97. The Kier molecular flexibility index (Phi) is 5.92. The lowest BCUT2D eigenvalue weighted by molar-refractivity contribution is -0.132. The van der Waals surface area contributed by atoms with Gasteiger partial charge in [-0.05, 0) is 38.1 Å². The molecule has 98 valence electrons. The molecule has 0 atom stereocenters. The van der Waals surface area contributed by atoms with E-state index in [9.17, 15) is 4.79 Å². The largest absolute Gasteiger partial charge is 0.484 e. The molecule has 0 radical (unpaired) electrons. The van der Waals surface area contributed by atoms with Gasteiger partial charge in [-0.25, -0.2) is 0 Å². The Morgan fingerprint density at radius 3 is 2.50 bits per heavy atom. The van der Waals surface area contributed by atoms with Gasteiger partial charge in [0.05, 0.1) is 0 Å². The number of hydrogen-bond acceptors (Lipinski definition) is 2. The van der Waals surface area contributed by atoms with Gasteiger partial charge in [-0.2, -0.15) is 0 Å². The van der Waals surface area contributed by atoms with Gasteiger partial charge in [-0.1, -0.05) is 28.1 Å². The lowest BCUT2D eigenvalue weighted by Crippen LogP contribution is -2.35. The Hall–Kier alpha value is -1.29. The third kappa shape index (κ3) is 4.92. The Labute approximate surface area is 117 Å². The second kappa shape index (κ2) is 7.21. The molecule has 0 aliphatic rings. The first kappa shape index (κ1) is 14.8. The third-order valence-corrected chi connectivity index (χ3v) is 2.90. The molecule has 0 bridgehead atoms. The topological polar surface area (TPSA) is 29.5 Å². The maximum absolute atomic E-state index is 11.9. The second-order valence-corrected chi connectivity index (χ2v) is 5.02. The van der Waals surface area contributed by atoms with Crippen molar-refractivity contribution in [3.05, 3.63) is 40.9 Å². The molecule has 18 heavy (non-hydrogen) atoms. The van der Waals surface area contributed by atoms with Gasteiger partial charge in [-0.3, -0.25) is 4.79 Å². The summed E-state index contributed by atoms with van der Waals surface area (Å²) in [7, 11) is 0. The van der Waals surface area contributed by atoms with Crippen LogP contribution < -0.4 is 4.74 Å². The number of amides is 1. The molecule has 1 aromatic carbocycles. The monoisotopic (exact) mass is 311 g/mol. The fraction of sp³-hybridized carbons (Fsp3) is 0.357. The molecule has 0 unspecified atom stereocenters. The molecule has 4 heteroatoms. The van der Waals surface area contributed by atoms with Gasteiger partial charge in [0.1, 0.15) is 5.75 Å². The van der Waals surface area contributed by atoms with E-state index in [4.69, 9.17) is 4.74 Å². The summed E-state index contributed by atoms with van der Waals surface area (Å²) in [5, 5.41) is 0. The lowest BCUT2D eigenvalue weighted by Gasteiger charge is -2.21. The molecule has 0 fully saturated rings. The summed E-state index contributed by atoms with van der Waals surface area (Å²) in [5.41, 5.74) is 0.967. The van der Waals surface area contributed by atoms with Crippen LogP contribution >= 0.6 is 15.9 Å². The Morgan fingerprint density at radius 1 is 1.39 bits per heavy atom. The third-order valence-electron chi connectivity index (χ3n) is 2.37. The number of carbonyl (C=O) groups is 1. The molecule has 1 rings (SSSR count). The molecule has 0 aromatic heterocycles. The molecule has 1 aromatic rings. The maximum atomic E-state index is 11.9. The summed E-state index contributed by atoms with van der Waals surface area (Å²) in [6.07, 6.45) is 0. The van der Waals surface area contributed by atoms with E-state index in [1.54, 1.807) is 4.90 Å². The minimum absolute atomic E-state index is 0.0246. The minimum atomic E-state index is -0.0246. The average molecular weight is 312 g/mol. The normalized spacial score (nSPS) is 9.94. The Morgan fingerprint density at radius 2 is 2.00 bits per heavy atom. The van der Waals surface area contributed by atoms with Crippen molar-refractivity contribution < 1.29 is 9.53 Å². The summed E-state index contributed by atoms with van der Waals surface area (Å²) in [5.74, 6) is 0.668. The van der Waals surface area contributed by atoms with Crippen LogP contribution in [-0.2, 0) is 4.79 Å². The molecule has 0 aliphatic carbocycles. The average Bonchev–Trinajstić information content (AvgIpc) is 2.34. The highest BCUT2D eigenvalue weighted by molar-refractivity contribution is 9.10. The number of carbonyl (C=O) groups excluding carboxylic acids is 1. The molecular weight excluding hydrogens is 294 g/mol. The quantitative estimate of drug-likeness (QED) is 0.755. The van der Waals surface area contributed by atoms with E-state index in [1.165, 1.54) is 0 Å². The fourth-order valence-electron chi connectivity index (χ4n) is 1.47. The van der Waals surface area contributed by atoms with Crippen LogP contribution in [-0.4, -0.2) is 30.5 Å². The van der Waals surface area contributed by atoms with Gasteiger partial charge < -0.3 is 9.64 Å². The van der Waals surface area contributed by atoms with Crippen LogP contribution in [0.15, 0.2) is 40.9 Å². The summed E-state index contributed by atoms with van der Waals surface area (Å²) < 4.78 is 6.43. The first-order valence-corrected chi connectivity index (χ1v) is 6.62. The van der Waals surface area contributed by atoms with E-state index >= 15 is 0 Å². The van der Waals surface area contributed by atoms with Crippen LogP contribution in [0.5, 0.6) is 5.75 Å². The molecule has 0 N–H and O–H groups in total. The van der Waals surface area contributed by atoms with E-state index in [0.29, 0.717) is 18.8 Å². The lowest BCUT2D eigenvalue weighted by atomic mass is 10.3. The molecule has 0 heterocycles. The highest BCUT2D eigenvalue weighted by Crippen LogP contribution is 2.16. The van der Waals surface area contributed by atoms with E-state index in [0.717, 1.165) is 10.0 Å². The van der Waals surface area contributed by atoms with Gasteiger partial charge in [0.25, 0.3) is 5.91 Å². The van der Waals surface area contributed by atoms with Crippen LogP contribution in [0.25, 0.3) is 0 Å². The molecule has 1 amide bonds. The zero-order chi connectivity index (χ0) is 13.5. The summed E-state index contributed by atoms with van der Waals surface area (Å²) in [6, 6.07) is 7.41. The number of nitrogens with zero attached hydrogens (tertiary/aromatic N) is 1. The predicted octanol–water partition coefficient (Wildman–Crippen LogP) is 3.25. The van der Waals surface area contributed by atoms with Crippen molar-refractivity contribution in [2.75, 3.05) is 19.7 Å². The van der Waals surface area contributed by atoms with Crippen molar-refractivity contribution >= 4 is 21.8 Å². The number of hydrogen-bond donors (Lipinski definition) is 0. The maximum Gasteiger partial charge on any atom is 0.260 e. The minimum Gasteiger partial charge on any atom is -0.484 e. The van der Waals surface area contributed by atoms with Crippen molar-refractivity contribution in [3.63, 3.8) is 0 Å². The molecule has 0 saturated heterocycles. The van der Waals surface area contributed by atoms with Gasteiger partial charge in [0.15, 0.2) is 6.61 Å². The molecule has 0 aliphatic heterocycles. The SMILES string of the molecule is C=C(C)CN(CC)C(=O)COc1ccc(Br)cc1. The Balaban J connectivity index is 2.49. The van der Waals surface area contributed by atoms with Gasteiger partial charge >= 0.3 is 0 Å². The standard InChI is InChI=1S/C14H18BrNO2/c1-4-16(9-11(2)3)14(17)10-18-13-7-5-12(15)6-8-13/h5-8H,2,4,9-10H2,1,3H3. The molecular formula is C14H18BrNO2.